The second-order valence-electron chi connectivity index (χ2n) is 6.33. The molecule has 1 aliphatic carbocycles. The van der Waals surface area contributed by atoms with Crippen LogP contribution in [-0.4, -0.2) is 46.1 Å². The maximum atomic E-state index is 12.8. The van der Waals surface area contributed by atoms with Crippen LogP contribution in [0.3, 0.4) is 0 Å². The van der Waals surface area contributed by atoms with Crippen LogP contribution >= 0.6 is 0 Å². The van der Waals surface area contributed by atoms with E-state index in [9.17, 15) is 22.8 Å². The third-order valence-corrected chi connectivity index (χ3v) is 5.39. The second kappa shape index (κ2) is 6.47. The molecular weight excluding hydrogens is 330 g/mol. The number of ketones is 3. The minimum Gasteiger partial charge on any atom is -0.376 e. The molecule has 1 aliphatic rings. The van der Waals surface area contributed by atoms with Crippen molar-refractivity contribution in [3.63, 3.8) is 0 Å². The van der Waals surface area contributed by atoms with Crippen LogP contribution in [0.4, 0.5) is 5.69 Å². The fraction of sp³-hybridized carbons (Fsp3) is 0.471. The zero-order chi connectivity index (χ0) is 18.2. The molecule has 130 valence electrons. The van der Waals surface area contributed by atoms with Gasteiger partial charge in [0.2, 0.25) is 0 Å². The van der Waals surface area contributed by atoms with Gasteiger partial charge in [0.1, 0.15) is 5.92 Å². The highest BCUT2D eigenvalue weighted by Crippen LogP contribution is 2.32. The lowest BCUT2D eigenvalue weighted by Crippen LogP contribution is -2.35. The van der Waals surface area contributed by atoms with Gasteiger partial charge in [-0.1, -0.05) is 0 Å². The molecule has 0 amide bonds. The maximum absolute atomic E-state index is 12.8. The Morgan fingerprint density at radius 1 is 1.12 bits per heavy atom. The smallest absolute Gasteiger partial charge is 0.181 e. The van der Waals surface area contributed by atoms with E-state index >= 15 is 0 Å². The molecule has 24 heavy (non-hydrogen) atoms. The minimum absolute atomic E-state index is 0.114. The number of rotatable bonds is 4. The second-order valence-corrected chi connectivity index (χ2v) is 8.32. The molecule has 0 saturated heterocycles. The van der Waals surface area contributed by atoms with Crippen molar-refractivity contribution in [2.24, 2.45) is 5.92 Å². The molecule has 0 atom stereocenters. The van der Waals surface area contributed by atoms with Crippen LogP contribution in [0.5, 0.6) is 0 Å². The van der Waals surface area contributed by atoms with Crippen LogP contribution in [0.25, 0.3) is 0 Å². The first-order valence-electron chi connectivity index (χ1n) is 7.66. The normalized spacial score (nSPS) is 16.3. The van der Waals surface area contributed by atoms with Crippen molar-refractivity contribution < 1.29 is 22.8 Å². The summed E-state index contributed by atoms with van der Waals surface area (Å²) in [6.45, 7) is 1.63. The Hall–Kier alpha value is -2.02. The first kappa shape index (κ1) is 18.3. The Morgan fingerprint density at radius 3 is 2.12 bits per heavy atom. The van der Waals surface area contributed by atoms with Gasteiger partial charge in [0.25, 0.3) is 0 Å². The first-order valence-corrected chi connectivity index (χ1v) is 9.55. The number of carbonyl (C=O) groups excluding carboxylic acids is 3. The van der Waals surface area contributed by atoms with Gasteiger partial charge in [-0.3, -0.25) is 14.4 Å². The Labute approximate surface area is 141 Å². The summed E-state index contributed by atoms with van der Waals surface area (Å²) >= 11 is 0. The van der Waals surface area contributed by atoms with Crippen molar-refractivity contribution in [1.82, 2.24) is 0 Å². The third kappa shape index (κ3) is 3.26. The summed E-state index contributed by atoms with van der Waals surface area (Å²) in [5.41, 5.74) is 1.08. The summed E-state index contributed by atoms with van der Waals surface area (Å²) in [5, 5.41) is 0. The number of nitrogens with zero attached hydrogens (tertiary/aromatic N) is 1. The van der Waals surface area contributed by atoms with Crippen molar-refractivity contribution in [1.29, 1.82) is 0 Å². The van der Waals surface area contributed by atoms with Gasteiger partial charge in [-0.15, -0.1) is 0 Å². The molecule has 7 heteroatoms. The van der Waals surface area contributed by atoms with Gasteiger partial charge >= 0.3 is 0 Å². The molecule has 1 saturated carbocycles. The highest BCUT2D eigenvalue weighted by Gasteiger charge is 2.37. The largest absolute Gasteiger partial charge is 0.376 e. The fourth-order valence-corrected chi connectivity index (χ4v) is 4.15. The predicted octanol–water partition coefficient (Wildman–Crippen LogP) is 1.59. The van der Waals surface area contributed by atoms with E-state index in [-0.39, 0.29) is 34.9 Å². The summed E-state index contributed by atoms with van der Waals surface area (Å²) in [4.78, 5) is 38.6. The van der Waals surface area contributed by atoms with E-state index in [1.54, 1.807) is 25.9 Å². The highest BCUT2D eigenvalue weighted by atomic mass is 32.2. The maximum Gasteiger partial charge on any atom is 0.181 e. The molecule has 1 fully saturated rings. The number of anilines is 1. The van der Waals surface area contributed by atoms with E-state index in [2.05, 4.69) is 0 Å². The van der Waals surface area contributed by atoms with Gasteiger partial charge in [0.15, 0.2) is 27.2 Å². The van der Waals surface area contributed by atoms with Crippen molar-refractivity contribution in [2.45, 2.75) is 31.1 Å². The topological polar surface area (TPSA) is 88.6 Å². The van der Waals surface area contributed by atoms with E-state index < -0.39 is 21.5 Å². The number of carbonyl (C=O) groups is 3. The minimum atomic E-state index is -3.48. The van der Waals surface area contributed by atoms with Crippen molar-refractivity contribution >= 4 is 32.9 Å². The number of Topliss-reactive ketones (excluding diaryl/α,β-unsaturated/α-hetero) is 3. The molecule has 0 aromatic heterocycles. The molecule has 0 unspecified atom stereocenters. The average Bonchev–Trinajstić information content (AvgIpc) is 2.45. The number of hydrogen-bond donors (Lipinski definition) is 0. The Kier molecular flexibility index (Phi) is 4.94. The molecular formula is C17H21NO5S. The summed E-state index contributed by atoms with van der Waals surface area (Å²) in [7, 11) is -0.111. The van der Waals surface area contributed by atoms with E-state index in [0.717, 1.165) is 6.26 Å². The molecule has 0 N–H and O–H groups in total. The first-order chi connectivity index (χ1) is 11.1. The van der Waals surface area contributed by atoms with Gasteiger partial charge in [0.05, 0.1) is 10.6 Å². The molecule has 2 rings (SSSR count). The van der Waals surface area contributed by atoms with E-state index in [1.807, 2.05) is 0 Å². The standard InChI is InChI=1S/C17H21NO5S/c1-10-11(17(21)15-12(19)6-5-7-13(15)20)8-9-14(24(4,22)23)16(10)18(2)3/h8-9,15H,5-7H2,1-4H3. The summed E-state index contributed by atoms with van der Waals surface area (Å²) < 4.78 is 24.0. The molecule has 6 nitrogen and oxygen atoms in total. The lowest BCUT2D eigenvalue weighted by molar-refractivity contribution is -0.133. The van der Waals surface area contributed by atoms with Crippen molar-refractivity contribution in [3.8, 4) is 0 Å². The SMILES string of the molecule is Cc1c(C(=O)C2C(=O)CCCC2=O)ccc(S(C)(=O)=O)c1N(C)C. The third-order valence-electron chi connectivity index (χ3n) is 4.26. The molecule has 1 aromatic rings. The average molecular weight is 351 g/mol. The highest BCUT2D eigenvalue weighted by molar-refractivity contribution is 7.90. The Balaban J connectivity index is 2.60. The number of hydrogen-bond acceptors (Lipinski definition) is 6. The summed E-state index contributed by atoms with van der Waals surface area (Å²) in [5.74, 6) is -2.50. The van der Waals surface area contributed by atoms with Crippen molar-refractivity contribution in [3.05, 3.63) is 23.3 Å². The monoisotopic (exact) mass is 351 g/mol. The Morgan fingerprint density at radius 2 is 1.67 bits per heavy atom. The summed E-state index contributed by atoms with van der Waals surface area (Å²) in [6, 6.07) is 2.76. The predicted molar refractivity (Wildman–Crippen MR) is 90.3 cm³/mol. The summed E-state index contributed by atoms with van der Waals surface area (Å²) in [6.07, 6.45) is 2.03. The van der Waals surface area contributed by atoms with Gasteiger partial charge in [-0.25, -0.2) is 8.42 Å². The molecule has 0 heterocycles. The van der Waals surface area contributed by atoms with Gasteiger partial charge < -0.3 is 4.90 Å². The van der Waals surface area contributed by atoms with Gasteiger partial charge in [-0.2, -0.15) is 0 Å². The zero-order valence-electron chi connectivity index (χ0n) is 14.3. The van der Waals surface area contributed by atoms with E-state index in [1.165, 1.54) is 12.1 Å². The quantitative estimate of drug-likeness (QED) is 0.604. The number of benzene rings is 1. The van der Waals surface area contributed by atoms with Gasteiger partial charge in [-0.05, 0) is 31.0 Å². The number of sulfone groups is 1. The molecule has 0 spiro atoms. The van der Waals surface area contributed by atoms with Crippen LogP contribution in [-0.2, 0) is 19.4 Å². The van der Waals surface area contributed by atoms with Crippen LogP contribution in [0.2, 0.25) is 0 Å². The molecule has 0 aliphatic heterocycles. The van der Waals surface area contributed by atoms with Crippen LogP contribution < -0.4 is 4.90 Å². The molecule has 0 bridgehead atoms. The van der Waals surface area contributed by atoms with Crippen LogP contribution in [0, 0.1) is 12.8 Å². The molecule has 0 radical (unpaired) electrons. The molecule has 1 aromatic carbocycles. The zero-order valence-corrected chi connectivity index (χ0v) is 15.1. The van der Waals surface area contributed by atoms with E-state index in [4.69, 9.17) is 0 Å². The fourth-order valence-electron chi connectivity index (χ4n) is 3.15. The van der Waals surface area contributed by atoms with E-state index in [0.29, 0.717) is 17.7 Å². The van der Waals surface area contributed by atoms with Gasteiger partial charge in [0, 0.05) is 38.8 Å². The van der Waals surface area contributed by atoms with Crippen LogP contribution in [0.1, 0.15) is 35.2 Å². The van der Waals surface area contributed by atoms with Crippen molar-refractivity contribution in [2.75, 3.05) is 25.3 Å². The lowest BCUT2D eigenvalue weighted by Gasteiger charge is -2.23. The lowest BCUT2D eigenvalue weighted by atomic mass is 9.80. The van der Waals surface area contributed by atoms with Crippen LogP contribution in [0.15, 0.2) is 17.0 Å². The Bertz CT molecular complexity index is 808.